The zero-order valence-electron chi connectivity index (χ0n) is 12.3. The highest BCUT2D eigenvalue weighted by atomic mass is 16.5. The van der Waals surface area contributed by atoms with E-state index in [0.717, 1.165) is 18.4 Å². The lowest BCUT2D eigenvalue weighted by Crippen LogP contribution is -2.32. The summed E-state index contributed by atoms with van der Waals surface area (Å²) >= 11 is 0. The Morgan fingerprint density at radius 1 is 1.11 bits per heavy atom. The van der Waals surface area contributed by atoms with E-state index < -0.39 is 0 Å². The second-order valence-electron chi connectivity index (χ2n) is 6.58. The highest BCUT2D eigenvalue weighted by Gasteiger charge is 2.26. The van der Waals surface area contributed by atoms with Crippen molar-refractivity contribution >= 4 is 0 Å². The minimum atomic E-state index is 0.577. The fourth-order valence-corrected chi connectivity index (χ4v) is 3.59. The Bertz CT molecular complexity index is 217. The number of hydrogen-bond donors (Lipinski definition) is 1. The Labute approximate surface area is 113 Å². The lowest BCUT2D eigenvalue weighted by molar-refractivity contribution is 0.0942. The van der Waals surface area contributed by atoms with E-state index in [-0.39, 0.29) is 0 Å². The topological polar surface area (TPSA) is 21.3 Å². The third-order valence-corrected chi connectivity index (χ3v) is 4.74. The second-order valence-corrected chi connectivity index (χ2v) is 6.58. The number of hydrogen-bond acceptors (Lipinski definition) is 2. The monoisotopic (exact) mass is 253 g/mol. The van der Waals surface area contributed by atoms with Crippen molar-refractivity contribution in [2.45, 2.75) is 77.4 Å². The first-order chi connectivity index (χ1) is 8.75. The summed E-state index contributed by atoms with van der Waals surface area (Å²) in [5.41, 5.74) is 0. The second kappa shape index (κ2) is 7.49. The third-order valence-electron chi connectivity index (χ3n) is 4.74. The first-order valence-electron chi connectivity index (χ1n) is 8.10. The van der Waals surface area contributed by atoms with Gasteiger partial charge in [-0.2, -0.15) is 0 Å². The van der Waals surface area contributed by atoms with Crippen LogP contribution in [0, 0.1) is 11.8 Å². The van der Waals surface area contributed by atoms with Crippen LogP contribution in [0.5, 0.6) is 0 Å². The lowest BCUT2D eigenvalue weighted by Gasteiger charge is -2.26. The quantitative estimate of drug-likeness (QED) is 0.746. The normalized spacial score (nSPS) is 27.2. The van der Waals surface area contributed by atoms with Gasteiger partial charge in [0.05, 0.1) is 6.10 Å². The van der Waals surface area contributed by atoms with Gasteiger partial charge in [0.25, 0.3) is 0 Å². The van der Waals surface area contributed by atoms with Gasteiger partial charge in [0.2, 0.25) is 0 Å². The predicted molar refractivity (Wildman–Crippen MR) is 76.8 cm³/mol. The summed E-state index contributed by atoms with van der Waals surface area (Å²) in [4.78, 5) is 0. The van der Waals surface area contributed by atoms with Crippen LogP contribution in [-0.2, 0) is 4.74 Å². The molecule has 2 rings (SSSR count). The molecule has 2 atom stereocenters. The average molecular weight is 253 g/mol. The van der Waals surface area contributed by atoms with Gasteiger partial charge in [-0.1, -0.05) is 39.5 Å². The molecule has 0 aromatic carbocycles. The minimum Gasteiger partial charge on any atom is -0.378 e. The molecule has 2 fully saturated rings. The van der Waals surface area contributed by atoms with E-state index in [1.54, 1.807) is 0 Å². The van der Waals surface area contributed by atoms with Gasteiger partial charge < -0.3 is 10.1 Å². The van der Waals surface area contributed by atoms with Crippen LogP contribution in [0.1, 0.15) is 65.2 Å². The molecule has 1 N–H and O–H groups in total. The molecule has 0 radical (unpaired) electrons. The maximum absolute atomic E-state index is 5.77. The number of ether oxygens (including phenoxy) is 1. The molecule has 0 bridgehead atoms. The van der Waals surface area contributed by atoms with Crippen molar-refractivity contribution in [3.05, 3.63) is 0 Å². The fourth-order valence-electron chi connectivity index (χ4n) is 3.59. The molecule has 1 aliphatic carbocycles. The van der Waals surface area contributed by atoms with Gasteiger partial charge in [0.1, 0.15) is 0 Å². The molecule has 0 aromatic rings. The molecular formula is C16H31NO. The summed E-state index contributed by atoms with van der Waals surface area (Å²) in [7, 11) is 0. The summed E-state index contributed by atoms with van der Waals surface area (Å²) in [6, 6.07) is 0.622. The Hall–Kier alpha value is -0.0800. The van der Waals surface area contributed by atoms with Crippen molar-refractivity contribution in [2.75, 3.05) is 13.2 Å². The van der Waals surface area contributed by atoms with Crippen LogP contribution in [0.3, 0.4) is 0 Å². The van der Waals surface area contributed by atoms with Crippen LogP contribution >= 0.6 is 0 Å². The molecule has 1 aliphatic heterocycles. The maximum Gasteiger partial charge on any atom is 0.0576 e. The van der Waals surface area contributed by atoms with Gasteiger partial charge in [-0.15, -0.1) is 0 Å². The van der Waals surface area contributed by atoms with Crippen LogP contribution in [0.15, 0.2) is 0 Å². The average Bonchev–Trinajstić information content (AvgIpc) is 3.01. The van der Waals surface area contributed by atoms with Crippen molar-refractivity contribution in [1.29, 1.82) is 0 Å². The Morgan fingerprint density at radius 3 is 2.50 bits per heavy atom. The summed E-state index contributed by atoms with van der Waals surface area (Å²) in [5, 5.41) is 3.66. The van der Waals surface area contributed by atoms with Crippen LogP contribution < -0.4 is 5.32 Å². The number of nitrogens with one attached hydrogen (secondary N) is 1. The van der Waals surface area contributed by atoms with E-state index in [4.69, 9.17) is 4.74 Å². The van der Waals surface area contributed by atoms with Crippen LogP contribution in [0.2, 0.25) is 0 Å². The predicted octanol–water partition coefficient (Wildman–Crippen LogP) is 3.75. The Balaban J connectivity index is 1.74. The summed E-state index contributed by atoms with van der Waals surface area (Å²) < 4.78 is 5.77. The summed E-state index contributed by atoms with van der Waals surface area (Å²) in [6.07, 6.45) is 11.7. The van der Waals surface area contributed by atoms with E-state index in [1.807, 2.05) is 0 Å². The molecule has 2 unspecified atom stereocenters. The van der Waals surface area contributed by atoms with Gasteiger partial charge in [-0.05, 0) is 44.1 Å². The largest absolute Gasteiger partial charge is 0.378 e. The molecule has 2 aliphatic rings. The van der Waals surface area contributed by atoms with E-state index in [2.05, 4.69) is 19.2 Å². The van der Waals surface area contributed by atoms with Crippen molar-refractivity contribution in [1.82, 2.24) is 5.32 Å². The molecule has 1 saturated heterocycles. The van der Waals surface area contributed by atoms with Gasteiger partial charge in [0.15, 0.2) is 0 Å². The molecule has 1 heterocycles. The molecule has 1 saturated carbocycles. The molecule has 2 heteroatoms. The maximum atomic E-state index is 5.77. The van der Waals surface area contributed by atoms with Crippen LogP contribution in [-0.4, -0.2) is 25.3 Å². The molecule has 2 nitrogen and oxygen atoms in total. The molecule has 18 heavy (non-hydrogen) atoms. The van der Waals surface area contributed by atoms with E-state index in [0.29, 0.717) is 12.1 Å². The van der Waals surface area contributed by atoms with E-state index in [1.165, 1.54) is 57.9 Å². The standard InChI is InChI=1S/C16H31NO/c1-13(2)17-12-15(14-6-3-4-7-14)9-10-16-8-5-11-18-16/h13-17H,3-12H2,1-2H3. The first-order valence-corrected chi connectivity index (χ1v) is 8.10. The van der Waals surface area contributed by atoms with Crippen molar-refractivity contribution in [3.8, 4) is 0 Å². The molecule has 0 aromatic heterocycles. The van der Waals surface area contributed by atoms with Crippen molar-refractivity contribution < 1.29 is 4.74 Å². The summed E-state index contributed by atoms with van der Waals surface area (Å²) in [5.74, 6) is 1.87. The Kier molecular flexibility index (Phi) is 5.97. The van der Waals surface area contributed by atoms with Gasteiger partial charge >= 0.3 is 0 Å². The van der Waals surface area contributed by atoms with Crippen LogP contribution in [0.25, 0.3) is 0 Å². The fraction of sp³-hybridized carbons (Fsp3) is 1.00. The zero-order valence-corrected chi connectivity index (χ0v) is 12.3. The molecule has 106 valence electrons. The molecule has 0 spiro atoms. The lowest BCUT2D eigenvalue weighted by atomic mass is 9.86. The van der Waals surface area contributed by atoms with Crippen molar-refractivity contribution in [2.24, 2.45) is 11.8 Å². The van der Waals surface area contributed by atoms with Crippen LogP contribution in [0.4, 0.5) is 0 Å². The molecular weight excluding hydrogens is 222 g/mol. The number of rotatable bonds is 7. The van der Waals surface area contributed by atoms with Gasteiger partial charge in [-0.25, -0.2) is 0 Å². The summed E-state index contributed by atoms with van der Waals surface area (Å²) in [6.45, 7) is 6.73. The third kappa shape index (κ3) is 4.55. The Morgan fingerprint density at radius 2 is 1.89 bits per heavy atom. The van der Waals surface area contributed by atoms with Gasteiger partial charge in [0, 0.05) is 12.6 Å². The first kappa shape index (κ1) is 14.3. The minimum absolute atomic E-state index is 0.577. The SMILES string of the molecule is CC(C)NCC(CCC1CCCO1)C1CCCC1. The van der Waals surface area contributed by atoms with E-state index in [9.17, 15) is 0 Å². The highest BCUT2D eigenvalue weighted by Crippen LogP contribution is 2.34. The smallest absolute Gasteiger partial charge is 0.0576 e. The molecule has 0 amide bonds. The van der Waals surface area contributed by atoms with E-state index >= 15 is 0 Å². The highest BCUT2D eigenvalue weighted by molar-refractivity contribution is 4.79. The van der Waals surface area contributed by atoms with Gasteiger partial charge in [-0.3, -0.25) is 0 Å². The van der Waals surface area contributed by atoms with Crippen molar-refractivity contribution in [3.63, 3.8) is 0 Å². The zero-order chi connectivity index (χ0) is 12.8.